The summed E-state index contributed by atoms with van der Waals surface area (Å²) in [6, 6.07) is 4.89. The van der Waals surface area contributed by atoms with Gasteiger partial charge in [0.2, 0.25) is 0 Å². The molecule has 0 spiro atoms. The third kappa shape index (κ3) is 2.60. The number of phenols is 1. The summed E-state index contributed by atoms with van der Waals surface area (Å²) in [5, 5.41) is 13.8. The number of hydrogen-bond donors (Lipinski definition) is 1. The van der Waals surface area contributed by atoms with E-state index in [2.05, 4.69) is 10.1 Å². The molecule has 0 bridgehead atoms. The number of hydrogen-bond acceptors (Lipinski definition) is 6. The highest BCUT2D eigenvalue weighted by atomic mass is 16.5. The van der Waals surface area contributed by atoms with Gasteiger partial charge in [-0.3, -0.25) is 0 Å². The van der Waals surface area contributed by atoms with Crippen molar-refractivity contribution in [1.29, 1.82) is 0 Å². The van der Waals surface area contributed by atoms with Crippen molar-refractivity contribution in [2.24, 2.45) is 5.92 Å². The van der Waals surface area contributed by atoms with E-state index in [-0.39, 0.29) is 5.75 Å². The average Bonchev–Trinajstić information content (AvgIpc) is 3.12. The molecule has 0 saturated carbocycles. The molecule has 3 rings (SSSR count). The zero-order valence-corrected chi connectivity index (χ0v) is 11.2. The number of ether oxygens (including phenoxy) is 2. The number of aromatic nitrogens is 2. The zero-order valence-electron chi connectivity index (χ0n) is 11.2. The van der Waals surface area contributed by atoms with Gasteiger partial charge < -0.3 is 19.1 Å². The molecule has 0 amide bonds. The van der Waals surface area contributed by atoms with Gasteiger partial charge in [-0.2, -0.15) is 4.98 Å². The molecule has 1 unspecified atom stereocenters. The van der Waals surface area contributed by atoms with Crippen molar-refractivity contribution < 1.29 is 19.1 Å². The summed E-state index contributed by atoms with van der Waals surface area (Å²) >= 11 is 0. The van der Waals surface area contributed by atoms with E-state index in [0.29, 0.717) is 28.9 Å². The number of benzene rings is 1. The van der Waals surface area contributed by atoms with E-state index in [4.69, 9.17) is 14.0 Å². The Morgan fingerprint density at radius 2 is 2.35 bits per heavy atom. The molecule has 0 radical (unpaired) electrons. The van der Waals surface area contributed by atoms with Crippen molar-refractivity contribution in [3.05, 3.63) is 24.0 Å². The molecular weight excluding hydrogens is 260 g/mol. The van der Waals surface area contributed by atoms with Gasteiger partial charge in [-0.05, 0) is 30.5 Å². The van der Waals surface area contributed by atoms with Gasteiger partial charge in [0.05, 0.1) is 12.7 Å². The smallest absolute Gasteiger partial charge is 0.261 e. The molecule has 1 aliphatic rings. The Hall–Kier alpha value is -2.08. The zero-order chi connectivity index (χ0) is 13.9. The summed E-state index contributed by atoms with van der Waals surface area (Å²) in [4.78, 5) is 4.33. The third-order valence-electron chi connectivity index (χ3n) is 3.40. The lowest BCUT2D eigenvalue weighted by molar-refractivity contribution is 0.185. The quantitative estimate of drug-likeness (QED) is 0.920. The minimum absolute atomic E-state index is 0.0881. The van der Waals surface area contributed by atoms with Crippen molar-refractivity contribution in [3.63, 3.8) is 0 Å². The van der Waals surface area contributed by atoms with Crippen LogP contribution in [-0.2, 0) is 11.2 Å². The van der Waals surface area contributed by atoms with Gasteiger partial charge in [-0.1, -0.05) is 5.16 Å². The molecule has 2 heterocycles. The highest BCUT2D eigenvalue weighted by Gasteiger charge is 2.20. The van der Waals surface area contributed by atoms with Gasteiger partial charge in [-0.25, -0.2) is 0 Å². The van der Waals surface area contributed by atoms with Crippen LogP contribution >= 0.6 is 0 Å². The minimum atomic E-state index is 0.0881. The van der Waals surface area contributed by atoms with E-state index in [1.165, 1.54) is 0 Å². The Labute approximate surface area is 116 Å². The van der Waals surface area contributed by atoms with E-state index < -0.39 is 0 Å². The largest absolute Gasteiger partial charge is 0.507 e. The van der Waals surface area contributed by atoms with Gasteiger partial charge >= 0.3 is 0 Å². The standard InChI is InChI=1S/C14H16N2O4/c1-18-10-2-3-12(17)11(7-10)14-15-13(16-20-14)6-9-4-5-19-8-9/h2-3,7,9,17H,4-6,8H2,1H3. The summed E-state index contributed by atoms with van der Waals surface area (Å²) in [6.45, 7) is 1.54. The lowest BCUT2D eigenvalue weighted by atomic mass is 10.1. The normalized spacial score (nSPS) is 18.4. The Bertz CT molecular complexity index is 591. The molecule has 20 heavy (non-hydrogen) atoms. The molecule has 1 aliphatic heterocycles. The first-order valence-corrected chi connectivity index (χ1v) is 6.54. The molecule has 1 atom stereocenters. The lowest BCUT2D eigenvalue weighted by Crippen LogP contribution is -2.04. The van der Waals surface area contributed by atoms with Crippen LogP contribution in [0, 0.1) is 5.92 Å². The van der Waals surface area contributed by atoms with Crippen LogP contribution < -0.4 is 4.74 Å². The van der Waals surface area contributed by atoms with Crippen LogP contribution in [0.5, 0.6) is 11.5 Å². The third-order valence-corrected chi connectivity index (χ3v) is 3.40. The van der Waals surface area contributed by atoms with Crippen molar-refractivity contribution in [1.82, 2.24) is 10.1 Å². The van der Waals surface area contributed by atoms with Crippen LogP contribution in [-0.4, -0.2) is 35.6 Å². The highest BCUT2D eigenvalue weighted by molar-refractivity contribution is 5.64. The monoisotopic (exact) mass is 276 g/mol. The van der Waals surface area contributed by atoms with E-state index in [0.717, 1.165) is 26.1 Å². The molecule has 6 nitrogen and oxygen atoms in total. The molecule has 106 valence electrons. The minimum Gasteiger partial charge on any atom is -0.507 e. The van der Waals surface area contributed by atoms with Gasteiger partial charge in [-0.15, -0.1) is 0 Å². The highest BCUT2D eigenvalue weighted by Crippen LogP contribution is 2.31. The number of rotatable bonds is 4. The van der Waals surface area contributed by atoms with Crippen molar-refractivity contribution >= 4 is 0 Å². The second-order valence-corrected chi connectivity index (χ2v) is 4.83. The molecule has 2 aromatic rings. The Balaban J connectivity index is 1.82. The van der Waals surface area contributed by atoms with Crippen LogP contribution in [0.1, 0.15) is 12.2 Å². The fourth-order valence-electron chi connectivity index (χ4n) is 2.26. The van der Waals surface area contributed by atoms with E-state index in [1.54, 1.807) is 25.3 Å². The van der Waals surface area contributed by atoms with Gasteiger partial charge in [0.25, 0.3) is 5.89 Å². The molecular formula is C14H16N2O4. The predicted molar refractivity (Wildman–Crippen MR) is 70.6 cm³/mol. The topological polar surface area (TPSA) is 77.6 Å². The first-order chi connectivity index (χ1) is 9.76. The molecule has 1 aromatic carbocycles. The first-order valence-electron chi connectivity index (χ1n) is 6.54. The fourth-order valence-corrected chi connectivity index (χ4v) is 2.26. The second kappa shape index (κ2) is 5.50. The first kappa shape index (κ1) is 12.9. The van der Waals surface area contributed by atoms with Crippen LogP contribution in [0.15, 0.2) is 22.7 Å². The summed E-state index contributed by atoms with van der Waals surface area (Å²) in [5.74, 6) is 2.10. The van der Waals surface area contributed by atoms with Crippen molar-refractivity contribution in [2.45, 2.75) is 12.8 Å². The maximum Gasteiger partial charge on any atom is 0.261 e. The fraction of sp³-hybridized carbons (Fsp3) is 0.429. The summed E-state index contributed by atoms with van der Waals surface area (Å²) < 4.78 is 15.7. The maximum atomic E-state index is 9.87. The van der Waals surface area contributed by atoms with Crippen LogP contribution in [0.2, 0.25) is 0 Å². The molecule has 1 saturated heterocycles. The number of nitrogens with zero attached hydrogens (tertiary/aromatic N) is 2. The molecule has 1 N–H and O–H groups in total. The number of methoxy groups -OCH3 is 1. The Kier molecular flexibility index (Phi) is 3.56. The maximum absolute atomic E-state index is 9.87. The van der Waals surface area contributed by atoms with Crippen molar-refractivity contribution in [2.75, 3.05) is 20.3 Å². The SMILES string of the molecule is COc1ccc(O)c(-c2nc(CC3CCOC3)no2)c1. The van der Waals surface area contributed by atoms with Crippen LogP contribution in [0.4, 0.5) is 0 Å². The van der Waals surface area contributed by atoms with Crippen LogP contribution in [0.25, 0.3) is 11.5 Å². The molecule has 1 aromatic heterocycles. The van der Waals surface area contributed by atoms with E-state index >= 15 is 0 Å². The van der Waals surface area contributed by atoms with Crippen molar-refractivity contribution in [3.8, 4) is 23.0 Å². The van der Waals surface area contributed by atoms with Crippen LogP contribution in [0.3, 0.4) is 0 Å². The Morgan fingerprint density at radius 3 is 3.10 bits per heavy atom. The summed E-state index contributed by atoms with van der Waals surface area (Å²) in [6.07, 6.45) is 1.75. The Morgan fingerprint density at radius 1 is 1.45 bits per heavy atom. The lowest BCUT2D eigenvalue weighted by Gasteiger charge is -2.03. The predicted octanol–water partition coefficient (Wildman–Crippen LogP) is 2.03. The van der Waals surface area contributed by atoms with E-state index in [1.807, 2.05) is 0 Å². The molecule has 6 heteroatoms. The number of aromatic hydroxyl groups is 1. The van der Waals surface area contributed by atoms with Gasteiger partial charge in [0, 0.05) is 19.6 Å². The summed E-state index contributed by atoms with van der Waals surface area (Å²) in [5.41, 5.74) is 0.478. The second-order valence-electron chi connectivity index (χ2n) is 4.83. The van der Waals surface area contributed by atoms with Gasteiger partial charge in [0.15, 0.2) is 5.82 Å². The molecule has 0 aliphatic carbocycles. The average molecular weight is 276 g/mol. The van der Waals surface area contributed by atoms with Gasteiger partial charge in [0.1, 0.15) is 11.5 Å². The number of phenolic OH excluding ortho intramolecular Hbond substituents is 1. The molecule has 1 fully saturated rings. The van der Waals surface area contributed by atoms with E-state index in [9.17, 15) is 5.11 Å². The summed E-state index contributed by atoms with van der Waals surface area (Å²) in [7, 11) is 1.56.